The fourth-order valence-electron chi connectivity index (χ4n) is 2.89. The van der Waals surface area contributed by atoms with E-state index in [1.165, 1.54) is 12.0 Å². The Balaban J connectivity index is 1.53. The van der Waals surface area contributed by atoms with Crippen LogP contribution in [0.15, 0.2) is 42.5 Å². The SMILES string of the molecule is CCN(CC(=O)Nc1ccccc1OC)C(=O)CNC(=O)c1ccc2c(c1)OCO2. The number of benzene rings is 2. The molecule has 0 saturated carbocycles. The van der Waals surface area contributed by atoms with Gasteiger partial charge < -0.3 is 29.7 Å². The third kappa shape index (κ3) is 4.99. The van der Waals surface area contributed by atoms with Crippen LogP contribution in [0.2, 0.25) is 0 Å². The zero-order valence-corrected chi connectivity index (χ0v) is 16.8. The second-order valence-corrected chi connectivity index (χ2v) is 6.41. The van der Waals surface area contributed by atoms with Crippen LogP contribution in [0.3, 0.4) is 0 Å². The molecule has 0 aliphatic carbocycles. The van der Waals surface area contributed by atoms with Crippen molar-refractivity contribution in [3.63, 3.8) is 0 Å². The molecule has 9 heteroatoms. The number of hydrogen-bond acceptors (Lipinski definition) is 6. The van der Waals surface area contributed by atoms with Crippen molar-refractivity contribution < 1.29 is 28.6 Å². The van der Waals surface area contributed by atoms with Crippen LogP contribution in [0, 0.1) is 0 Å². The molecule has 0 unspecified atom stereocenters. The maximum absolute atomic E-state index is 12.5. The number of para-hydroxylation sites is 2. The highest BCUT2D eigenvalue weighted by atomic mass is 16.7. The fourth-order valence-corrected chi connectivity index (χ4v) is 2.89. The Hall–Kier alpha value is -3.75. The number of nitrogens with zero attached hydrogens (tertiary/aromatic N) is 1. The number of carbonyl (C=O) groups excluding carboxylic acids is 3. The second kappa shape index (κ2) is 9.64. The van der Waals surface area contributed by atoms with E-state index < -0.39 is 5.91 Å². The Kier molecular flexibility index (Phi) is 6.74. The summed E-state index contributed by atoms with van der Waals surface area (Å²) < 4.78 is 15.7. The normalized spacial score (nSPS) is 11.5. The molecule has 0 saturated heterocycles. The van der Waals surface area contributed by atoms with Gasteiger partial charge >= 0.3 is 0 Å². The molecule has 9 nitrogen and oxygen atoms in total. The first kappa shape index (κ1) is 21.0. The van der Waals surface area contributed by atoms with Crippen molar-refractivity contribution >= 4 is 23.4 Å². The summed E-state index contributed by atoms with van der Waals surface area (Å²) in [5.74, 6) is 0.420. The molecular formula is C21H23N3O6. The van der Waals surface area contributed by atoms with Gasteiger partial charge in [-0.15, -0.1) is 0 Å². The van der Waals surface area contributed by atoms with Gasteiger partial charge in [0, 0.05) is 12.1 Å². The second-order valence-electron chi connectivity index (χ2n) is 6.41. The van der Waals surface area contributed by atoms with Gasteiger partial charge in [0.2, 0.25) is 18.6 Å². The predicted molar refractivity (Wildman–Crippen MR) is 109 cm³/mol. The van der Waals surface area contributed by atoms with E-state index in [1.807, 2.05) is 0 Å². The molecule has 1 aliphatic heterocycles. The molecule has 1 aliphatic rings. The minimum Gasteiger partial charge on any atom is -0.495 e. The molecule has 3 amide bonds. The summed E-state index contributed by atoms with van der Waals surface area (Å²) in [7, 11) is 1.51. The number of nitrogens with one attached hydrogen (secondary N) is 2. The Bertz CT molecular complexity index is 946. The van der Waals surface area contributed by atoms with Crippen molar-refractivity contribution in [1.29, 1.82) is 0 Å². The molecule has 1 heterocycles. The van der Waals surface area contributed by atoms with Crippen molar-refractivity contribution in [3.8, 4) is 17.2 Å². The smallest absolute Gasteiger partial charge is 0.251 e. The van der Waals surface area contributed by atoms with Gasteiger partial charge in [-0.3, -0.25) is 14.4 Å². The van der Waals surface area contributed by atoms with E-state index in [0.717, 1.165) is 0 Å². The molecule has 0 fully saturated rings. The minimum atomic E-state index is -0.420. The van der Waals surface area contributed by atoms with Gasteiger partial charge in [-0.1, -0.05) is 12.1 Å². The van der Waals surface area contributed by atoms with Crippen molar-refractivity contribution in [1.82, 2.24) is 10.2 Å². The third-order valence-electron chi connectivity index (χ3n) is 4.48. The lowest BCUT2D eigenvalue weighted by Gasteiger charge is -2.21. The quantitative estimate of drug-likeness (QED) is 0.682. The van der Waals surface area contributed by atoms with Gasteiger partial charge in [-0.05, 0) is 37.3 Å². The summed E-state index contributed by atoms with van der Waals surface area (Å²) in [6.45, 7) is 1.81. The van der Waals surface area contributed by atoms with Crippen LogP contribution in [0.5, 0.6) is 17.2 Å². The van der Waals surface area contributed by atoms with Crippen LogP contribution in [-0.4, -0.2) is 56.2 Å². The zero-order chi connectivity index (χ0) is 21.5. The number of likely N-dealkylation sites (N-methyl/N-ethyl adjacent to an activating group) is 1. The van der Waals surface area contributed by atoms with Crippen LogP contribution >= 0.6 is 0 Å². The summed E-state index contributed by atoms with van der Waals surface area (Å²) >= 11 is 0. The Morgan fingerprint density at radius 1 is 1.10 bits per heavy atom. The molecule has 3 rings (SSSR count). The lowest BCUT2D eigenvalue weighted by Crippen LogP contribution is -2.43. The average Bonchev–Trinajstić information content (AvgIpc) is 3.23. The summed E-state index contributed by atoms with van der Waals surface area (Å²) in [5, 5.41) is 5.29. The molecule has 0 aromatic heterocycles. The maximum Gasteiger partial charge on any atom is 0.251 e. The van der Waals surface area contributed by atoms with Crippen LogP contribution < -0.4 is 24.8 Å². The van der Waals surface area contributed by atoms with E-state index in [-0.39, 0.29) is 31.7 Å². The lowest BCUT2D eigenvalue weighted by molar-refractivity contribution is -0.133. The van der Waals surface area contributed by atoms with E-state index in [2.05, 4.69) is 10.6 Å². The Labute approximate surface area is 173 Å². The average molecular weight is 413 g/mol. The number of methoxy groups -OCH3 is 1. The molecule has 0 radical (unpaired) electrons. The van der Waals surface area contributed by atoms with Crippen molar-refractivity contribution in [3.05, 3.63) is 48.0 Å². The topological polar surface area (TPSA) is 106 Å². The van der Waals surface area contributed by atoms with E-state index in [9.17, 15) is 14.4 Å². The van der Waals surface area contributed by atoms with Gasteiger partial charge in [0.1, 0.15) is 5.75 Å². The molecule has 0 bridgehead atoms. The molecular weight excluding hydrogens is 390 g/mol. The standard InChI is InChI=1S/C21H23N3O6/c1-3-24(12-19(25)23-15-6-4-5-7-16(15)28-2)20(26)11-22-21(27)14-8-9-17-18(10-14)30-13-29-17/h4-10H,3,11-13H2,1-2H3,(H,22,27)(H,23,25). The van der Waals surface area contributed by atoms with E-state index in [0.29, 0.717) is 35.0 Å². The predicted octanol–water partition coefficient (Wildman–Crippen LogP) is 1.64. The lowest BCUT2D eigenvalue weighted by atomic mass is 10.2. The maximum atomic E-state index is 12.5. The number of hydrogen-bond donors (Lipinski definition) is 2. The first-order valence-corrected chi connectivity index (χ1v) is 9.40. The van der Waals surface area contributed by atoms with Crippen LogP contribution in [0.1, 0.15) is 17.3 Å². The highest BCUT2D eigenvalue weighted by Crippen LogP contribution is 2.32. The van der Waals surface area contributed by atoms with Crippen molar-refractivity contribution in [2.75, 3.05) is 38.9 Å². The zero-order valence-electron chi connectivity index (χ0n) is 16.8. The van der Waals surface area contributed by atoms with Crippen molar-refractivity contribution in [2.45, 2.75) is 6.92 Å². The summed E-state index contributed by atoms with van der Waals surface area (Å²) in [5.41, 5.74) is 0.869. The fraction of sp³-hybridized carbons (Fsp3) is 0.286. The van der Waals surface area contributed by atoms with Crippen LogP contribution in [-0.2, 0) is 9.59 Å². The monoisotopic (exact) mass is 413 g/mol. The van der Waals surface area contributed by atoms with Gasteiger partial charge in [-0.25, -0.2) is 0 Å². The summed E-state index contributed by atoms with van der Waals surface area (Å²) in [4.78, 5) is 38.5. The molecule has 158 valence electrons. The molecule has 0 spiro atoms. The number of rotatable bonds is 8. The number of ether oxygens (including phenoxy) is 3. The number of anilines is 1. The van der Waals surface area contributed by atoms with Gasteiger partial charge in [0.15, 0.2) is 11.5 Å². The highest BCUT2D eigenvalue weighted by molar-refractivity contribution is 5.98. The largest absolute Gasteiger partial charge is 0.495 e. The summed E-state index contributed by atoms with van der Waals surface area (Å²) in [6, 6.07) is 11.8. The van der Waals surface area contributed by atoms with Gasteiger partial charge in [0.25, 0.3) is 5.91 Å². The number of amides is 3. The first-order chi connectivity index (χ1) is 14.5. The molecule has 0 atom stereocenters. The molecule has 2 N–H and O–H groups in total. The number of fused-ring (bicyclic) bond motifs is 1. The van der Waals surface area contributed by atoms with Crippen molar-refractivity contribution in [2.24, 2.45) is 0 Å². The van der Waals surface area contributed by atoms with Gasteiger partial charge in [-0.2, -0.15) is 0 Å². The molecule has 2 aromatic carbocycles. The van der Waals surface area contributed by atoms with Crippen LogP contribution in [0.4, 0.5) is 5.69 Å². The molecule has 30 heavy (non-hydrogen) atoms. The van der Waals surface area contributed by atoms with Crippen LogP contribution in [0.25, 0.3) is 0 Å². The van der Waals surface area contributed by atoms with E-state index in [1.54, 1.807) is 49.4 Å². The third-order valence-corrected chi connectivity index (χ3v) is 4.48. The van der Waals surface area contributed by atoms with E-state index >= 15 is 0 Å². The number of carbonyl (C=O) groups is 3. The Morgan fingerprint density at radius 2 is 1.87 bits per heavy atom. The molecule has 2 aromatic rings. The van der Waals surface area contributed by atoms with Gasteiger partial charge in [0.05, 0.1) is 25.9 Å². The first-order valence-electron chi connectivity index (χ1n) is 9.40. The summed E-state index contributed by atoms with van der Waals surface area (Å²) in [6.07, 6.45) is 0. The van der Waals surface area contributed by atoms with E-state index in [4.69, 9.17) is 14.2 Å². The minimum absolute atomic E-state index is 0.112. The Morgan fingerprint density at radius 3 is 2.63 bits per heavy atom. The highest BCUT2D eigenvalue weighted by Gasteiger charge is 2.19.